The third-order valence-corrected chi connectivity index (χ3v) is 7.28. The van der Waals surface area contributed by atoms with Crippen molar-refractivity contribution in [2.45, 2.75) is 4.90 Å². The number of anilines is 4. The molecule has 0 radical (unpaired) electrons. The van der Waals surface area contributed by atoms with E-state index in [1.807, 2.05) is 0 Å². The minimum atomic E-state index is -4.20. The standard InChI is InChI=1S/C29H25N5O6S/c1-39-21-15-19(14-20(35)17-21)30-27-28(33-25-12-5-4-11-24(25)32-27)34-41(37,38)22-9-7-8-18(16-22)31-29(36)23-10-3-6-13-26(23)40-2/h3-17,35H,1-2H3,(H,30,32)(H,31,36)(H,33,34). The second-order valence-electron chi connectivity index (χ2n) is 8.74. The summed E-state index contributed by atoms with van der Waals surface area (Å²) in [5.74, 6) is 0.271. The maximum absolute atomic E-state index is 13.5. The van der Waals surface area contributed by atoms with Crippen LogP contribution < -0.4 is 24.8 Å². The molecule has 1 aromatic heterocycles. The van der Waals surface area contributed by atoms with Crippen molar-refractivity contribution in [1.29, 1.82) is 0 Å². The Bertz CT molecular complexity index is 1860. The molecule has 5 aromatic rings. The number of sulfonamides is 1. The van der Waals surface area contributed by atoms with Crippen LogP contribution in [0.4, 0.5) is 23.0 Å². The number of ether oxygens (including phenoxy) is 2. The highest BCUT2D eigenvalue weighted by Gasteiger charge is 2.21. The number of nitrogens with one attached hydrogen (secondary N) is 3. The van der Waals surface area contributed by atoms with Gasteiger partial charge in [0.2, 0.25) is 0 Å². The second kappa shape index (κ2) is 11.4. The van der Waals surface area contributed by atoms with Crippen molar-refractivity contribution in [3.05, 3.63) is 96.6 Å². The summed E-state index contributed by atoms with van der Waals surface area (Å²) in [6.45, 7) is 0. The van der Waals surface area contributed by atoms with Crippen molar-refractivity contribution in [3.8, 4) is 17.2 Å². The van der Waals surface area contributed by atoms with Gasteiger partial charge in [-0.3, -0.25) is 9.52 Å². The number of carbonyl (C=O) groups is 1. The monoisotopic (exact) mass is 571 g/mol. The normalized spacial score (nSPS) is 11.1. The highest BCUT2D eigenvalue weighted by molar-refractivity contribution is 7.92. The minimum Gasteiger partial charge on any atom is -0.508 e. The van der Waals surface area contributed by atoms with Gasteiger partial charge in [0.1, 0.15) is 17.2 Å². The zero-order valence-corrected chi connectivity index (χ0v) is 22.8. The molecular weight excluding hydrogens is 546 g/mol. The molecule has 4 aromatic carbocycles. The first kappa shape index (κ1) is 27.2. The molecule has 0 aliphatic heterocycles. The Morgan fingerprint density at radius 1 is 0.780 bits per heavy atom. The average molecular weight is 572 g/mol. The Kier molecular flexibility index (Phi) is 7.57. The first-order chi connectivity index (χ1) is 19.8. The fraction of sp³-hybridized carbons (Fsp3) is 0.0690. The van der Waals surface area contributed by atoms with Crippen LogP contribution in [-0.4, -0.2) is 43.6 Å². The summed E-state index contributed by atoms with van der Waals surface area (Å²) < 4.78 is 40.0. The molecule has 11 nitrogen and oxygen atoms in total. The fourth-order valence-electron chi connectivity index (χ4n) is 4.03. The summed E-state index contributed by atoms with van der Waals surface area (Å²) in [6, 6.07) is 24.0. The van der Waals surface area contributed by atoms with Crippen LogP contribution in [0.5, 0.6) is 17.2 Å². The minimum absolute atomic E-state index is 0.0605. The summed E-state index contributed by atoms with van der Waals surface area (Å²) in [6.07, 6.45) is 0. The predicted molar refractivity (Wildman–Crippen MR) is 156 cm³/mol. The van der Waals surface area contributed by atoms with Crippen LogP contribution in [0.2, 0.25) is 0 Å². The van der Waals surface area contributed by atoms with Crippen LogP contribution in [0.25, 0.3) is 11.0 Å². The Morgan fingerprint density at radius 2 is 1.49 bits per heavy atom. The van der Waals surface area contributed by atoms with Crippen molar-refractivity contribution in [2.75, 3.05) is 29.6 Å². The summed E-state index contributed by atoms with van der Waals surface area (Å²) in [4.78, 5) is 21.8. The van der Waals surface area contributed by atoms with Crippen LogP contribution >= 0.6 is 0 Å². The number of phenolic OH excluding ortho intramolecular Hbond substituents is 1. The van der Waals surface area contributed by atoms with Crippen LogP contribution in [0.1, 0.15) is 10.4 Å². The molecule has 0 saturated carbocycles. The SMILES string of the molecule is COc1cc(O)cc(Nc2nc3ccccc3nc2NS(=O)(=O)c2cccc(NC(=O)c3ccccc3OC)c2)c1. The van der Waals surface area contributed by atoms with Crippen molar-refractivity contribution < 1.29 is 27.8 Å². The van der Waals surface area contributed by atoms with Gasteiger partial charge in [0.15, 0.2) is 11.6 Å². The lowest BCUT2D eigenvalue weighted by molar-refractivity contribution is 0.102. The molecule has 5 rings (SSSR count). The van der Waals surface area contributed by atoms with Crippen molar-refractivity contribution in [2.24, 2.45) is 0 Å². The van der Waals surface area contributed by atoms with Gasteiger partial charge >= 0.3 is 0 Å². The molecular formula is C29H25N5O6S. The number of aromatic nitrogens is 2. The van der Waals surface area contributed by atoms with Gasteiger partial charge in [-0.05, 0) is 42.5 Å². The highest BCUT2D eigenvalue weighted by Crippen LogP contribution is 2.31. The molecule has 41 heavy (non-hydrogen) atoms. The second-order valence-corrected chi connectivity index (χ2v) is 10.4. The van der Waals surface area contributed by atoms with Crippen LogP contribution in [-0.2, 0) is 10.0 Å². The van der Waals surface area contributed by atoms with Gasteiger partial charge in [0, 0.05) is 29.6 Å². The molecule has 12 heteroatoms. The molecule has 1 heterocycles. The van der Waals surface area contributed by atoms with E-state index in [4.69, 9.17) is 9.47 Å². The largest absolute Gasteiger partial charge is 0.508 e. The molecule has 208 valence electrons. The smallest absolute Gasteiger partial charge is 0.263 e. The number of carbonyl (C=O) groups excluding carboxylic acids is 1. The Hall–Kier alpha value is -5.36. The number of phenols is 1. The number of aromatic hydroxyl groups is 1. The van der Waals surface area contributed by atoms with E-state index in [2.05, 4.69) is 25.3 Å². The number of hydrogen-bond donors (Lipinski definition) is 4. The van der Waals surface area contributed by atoms with Crippen molar-refractivity contribution in [3.63, 3.8) is 0 Å². The van der Waals surface area contributed by atoms with E-state index in [0.29, 0.717) is 33.8 Å². The Balaban J connectivity index is 1.46. The van der Waals surface area contributed by atoms with Crippen LogP contribution in [0.3, 0.4) is 0 Å². The van der Waals surface area contributed by atoms with E-state index in [0.717, 1.165) is 0 Å². The quantitative estimate of drug-likeness (QED) is 0.188. The first-order valence-electron chi connectivity index (χ1n) is 12.2. The summed E-state index contributed by atoms with van der Waals surface area (Å²) in [7, 11) is -1.28. The van der Waals surface area contributed by atoms with Gasteiger partial charge in [-0.25, -0.2) is 18.4 Å². The number of rotatable bonds is 9. The van der Waals surface area contributed by atoms with E-state index in [9.17, 15) is 18.3 Å². The Labute approximate surface area is 235 Å². The van der Waals surface area contributed by atoms with E-state index >= 15 is 0 Å². The van der Waals surface area contributed by atoms with Gasteiger partial charge in [-0.15, -0.1) is 0 Å². The maximum atomic E-state index is 13.5. The van der Waals surface area contributed by atoms with E-state index in [1.54, 1.807) is 60.7 Å². The molecule has 0 saturated heterocycles. The molecule has 0 fully saturated rings. The summed E-state index contributed by atoms with van der Waals surface area (Å²) in [5.41, 5.74) is 1.94. The molecule has 0 aliphatic carbocycles. The van der Waals surface area contributed by atoms with E-state index in [1.165, 1.54) is 44.6 Å². The summed E-state index contributed by atoms with van der Waals surface area (Å²) >= 11 is 0. The van der Waals surface area contributed by atoms with E-state index < -0.39 is 15.9 Å². The number of benzene rings is 4. The lowest BCUT2D eigenvalue weighted by Gasteiger charge is -2.15. The predicted octanol–water partition coefficient (Wildman–Crippen LogP) is 5.15. The lowest BCUT2D eigenvalue weighted by atomic mass is 10.2. The molecule has 0 unspecified atom stereocenters. The van der Waals surface area contributed by atoms with E-state index in [-0.39, 0.29) is 28.0 Å². The first-order valence-corrected chi connectivity index (χ1v) is 13.7. The molecule has 0 atom stereocenters. The van der Waals surface area contributed by atoms with Crippen LogP contribution in [0.15, 0.2) is 95.9 Å². The number of hydrogen-bond acceptors (Lipinski definition) is 9. The van der Waals surface area contributed by atoms with Crippen molar-refractivity contribution in [1.82, 2.24) is 9.97 Å². The lowest BCUT2D eigenvalue weighted by Crippen LogP contribution is -2.17. The number of fused-ring (bicyclic) bond motifs is 1. The van der Waals surface area contributed by atoms with Gasteiger partial charge < -0.3 is 25.2 Å². The van der Waals surface area contributed by atoms with Crippen LogP contribution in [0, 0.1) is 0 Å². The maximum Gasteiger partial charge on any atom is 0.263 e. The zero-order chi connectivity index (χ0) is 29.0. The average Bonchev–Trinajstić information content (AvgIpc) is 2.97. The topological polar surface area (TPSA) is 152 Å². The Morgan fingerprint density at radius 3 is 2.22 bits per heavy atom. The van der Waals surface area contributed by atoms with Crippen molar-refractivity contribution >= 4 is 50.0 Å². The highest BCUT2D eigenvalue weighted by atomic mass is 32.2. The summed E-state index contributed by atoms with van der Waals surface area (Å²) in [5, 5.41) is 15.8. The van der Waals surface area contributed by atoms with Gasteiger partial charge in [-0.1, -0.05) is 30.3 Å². The van der Waals surface area contributed by atoms with Gasteiger partial charge in [0.05, 0.1) is 35.7 Å². The number of amides is 1. The number of para-hydroxylation sites is 3. The molecule has 0 spiro atoms. The fourth-order valence-corrected chi connectivity index (χ4v) is 5.08. The molecule has 1 amide bonds. The number of methoxy groups -OCH3 is 2. The molecule has 4 N–H and O–H groups in total. The van der Waals surface area contributed by atoms with Gasteiger partial charge in [0.25, 0.3) is 15.9 Å². The molecule has 0 bridgehead atoms. The van der Waals surface area contributed by atoms with Gasteiger partial charge in [-0.2, -0.15) is 0 Å². The zero-order valence-electron chi connectivity index (χ0n) is 22.0. The molecule has 0 aliphatic rings. The third kappa shape index (κ3) is 6.12. The third-order valence-electron chi connectivity index (χ3n) is 5.95. The number of nitrogens with zero attached hydrogens (tertiary/aromatic N) is 2.